The van der Waals surface area contributed by atoms with Gasteiger partial charge in [-0.05, 0) is 42.0 Å². The molecule has 0 spiro atoms. The average Bonchev–Trinajstić information content (AvgIpc) is 3.11. The van der Waals surface area contributed by atoms with Crippen LogP contribution in [-0.2, 0) is 4.79 Å². The summed E-state index contributed by atoms with van der Waals surface area (Å²) in [6.45, 7) is -0.780. The number of rotatable bonds is 6. The van der Waals surface area contributed by atoms with Crippen molar-refractivity contribution in [3.05, 3.63) is 54.1 Å². The van der Waals surface area contributed by atoms with Crippen molar-refractivity contribution in [3.8, 4) is 17.2 Å². The molecule has 1 amide bonds. The molecule has 0 aromatic heterocycles. The van der Waals surface area contributed by atoms with Crippen LogP contribution in [0.1, 0.15) is 12.0 Å². The van der Waals surface area contributed by atoms with Gasteiger partial charge in [0.25, 0.3) is 11.6 Å². The minimum Gasteiger partial charge on any atom is -0.497 e. The van der Waals surface area contributed by atoms with Gasteiger partial charge in [-0.2, -0.15) is 23.3 Å². The summed E-state index contributed by atoms with van der Waals surface area (Å²) in [4.78, 5) is 12.5. The maximum Gasteiger partial charge on any atom is 0.438 e. The fourth-order valence-electron chi connectivity index (χ4n) is 2.91. The molecule has 1 heterocycles. The van der Waals surface area contributed by atoms with E-state index in [1.165, 1.54) is 32.4 Å². The van der Waals surface area contributed by atoms with E-state index >= 15 is 0 Å². The molecular weight excluding hydrogens is 405 g/mol. The SMILES string of the molecule is COc1ccc(C2=NN(C(=O)COc3ccccc3OC)[C@@](O)(C(F)(F)F)C2)cc1. The predicted octanol–water partition coefficient (Wildman–Crippen LogP) is 2.97. The second-order valence-corrected chi connectivity index (χ2v) is 6.41. The Kier molecular flexibility index (Phi) is 5.88. The summed E-state index contributed by atoms with van der Waals surface area (Å²) >= 11 is 0. The summed E-state index contributed by atoms with van der Waals surface area (Å²) in [5.74, 6) is -0.187. The number of ether oxygens (including phenoxy) is 3. The number of benzene rings is 2. The van der Waals surface area contributed by atoms with E-state index in [2.05, 4.69) is 5.10 Å². The number of nitrogens with zero attached hydrogens (tertiary/aromatic N) is 2. The van der Waals surface area contributed by atoms with Crippen molar-refractivity contribution >= 4 is 11.6 Å². The number of hydrogen-bond donors (Lipinski definition) is 1. The lowest BCUT2D eigenvalue weighted by Crippen LogP contribution is -2.57. The number of hydrogen-bond acceptors (Lipinski definition) is 6. The van der Waals surface area contributed by atoms with E-state index in [0.717, 1.165) is 0 Å². The second-order valence-electron chi connectivity index (χ2n) is 6.41. The molecular formula is C20H19F3N2O5. The van der Waals surface area contributed by atoms with E-state index in [-0.39, 0.29) is 16.5 Å². The van der Waals surface area contributed by atoms with Crippen LogP contribution in [0.3, 0.4) is 0 Å². The average molecular weight is 424 g/mol. The number of alkyl halides is 3. The van der Waals surface area contributed by atoms with Crippen LogP contribution in [0.5, 0.6) is 17.2 Å². The van der Waals surface area contributed by atoms with Gasteiger partial charge in [0.2, 0.25) is 0 Å². The molecule has 7 nitrogen and oxygen atoms in total. The van der Waals surface area contributed by atoms with Crippen molar-refractivity contribution in [2.75, 3.05) is 20.8 Å². The first-order chi connectivity index (χ1) is 14.2. The van der Waals surface area contributed by atoms with Crippen LogP contribution < -0.4 is 14.2 Å². The van der Waals surface area contributed by atoms with Crippen LogP contribution in [0.4, 0.5) is 13.2 Å². The molecule has 30 heavy (non-hydrogen) atoms. The molecule has 0 radical (unpaired) electrons. The van der Waals surface area contributed by atoms with Gasteiger partial charge in [-0.15, -0.1) is 0 Å². The van der Waals surface area contributed by atoms with Crippen LogP contribution in [0.25, 0.3) is 0 Å². The number of hydrazone groups is 1. The highest BCUT2D eigenvalue weighted by Gasteiger charge is 2.63. The summed E-state index contributed by atoms with van der Waals surface area (Å²) in [5, 5.41) is 14.1. The number of amides is 1. The van der Waals surface area contributed by atoms with Crippen molar-refractivity contribution in [2.24, 2.45) is 5.10 Å². The van der Waals surface area contributed by atoms with Crippen molar-refractivity contribution in [1.82, 2.24) is 5.01 Å². The van der Waals surface area contributed by atoms with Gasteiger partial charge < -0.3 is 19.3 Å². The number of methoxy groups -OCH3 is 2. The third-order valence-electron chi connectivity index (χ3n) is 4.52. The Morgan fingerprint density at radius 2 is 1.73 bits per heavy atom. The third kappa shape index (κ3) is 4.04. The maximum atomic E-state index is 13.6. The molecule has 2 aromatic rings. The van der Waals surface area contributed by atoms with Gasteiger partial charge in [0.1, 0.15) is 5.75 Å². The van der Waals surface area contributed by atoms with E-state index in [1.807, 2.05) is 0 Å². The van der Waals surface area contributed by atoms with Crippen molar-refractivity contribution in [3.63, 3.8) is 0 Å². The smallest absolute Gasteiger partial charge is 0.438 e. The highest BCUT2D eigenvalue weighted by Crippen LogP contribution is 2.41. The fourth-order valence-corrected chi connectivity index (χ4v) is 2.91. The minimum atomic E-state index is -5.13. The molecule has 2 aromatic carbocycles. The molecule has 1 aliphatic heterocycles. The Hall–Kier alpha value is -3.27. The molecule has 0 unspecified atom stereocenters. The van der Waals surface area contributed by atoms with E-state index in [1.54, 1.807) is 30.3 Å². The minimum absolute atomic E-state index is 0.0297. The monoisotopic (exact) mass is 424 g/mol. The molecule has 1 N–H and O–H groups in total. The first-order valence-corrected chi connectivity index (χ1v) is 8.79. The zero-order valence-corrected chi connectivity index (χ0v) is 16.1. The zero-order valence-electron chi connectivity index (χ0n) is 16.1. The van der Waals surface area contributed by atoms with Gasteiger partial charge >= 0.3 is 6.18 Å². The van der Waals surface area contributed by atoms with Crippen LogP contribution in [0.15, 0.2) is 53.6 Å². The van der Waals surface area contributed by atoms with Gasteiger partial charge in [-0.25, -0.2) is 0 Å². The molecule has 0 fully saturated rings. The Labute approximate surface area is 170 Å². The number of carbonyl (C=O) groups is 1. The summed E-state index contributed by atoms with van der Waals surface area (Å²) in [7, 11) is 2.84. The fraction of sp³-hybridized carbons (Fsp3) is 0.300. The number of halogens is 3. The molecule has 0 aliphatic carbocycles. The molecule has 0 saturated carbocycles. The van der Waals surface area contributed by atoms with E-state index in [4.69, 9.17) is 14.2 Å². The lowest BCUT2D eigenvalue weighted by Gasteiger charge is -2.32. The van der Waals surface area contributed by atoms with Gasteiger partial charge in [-0.3, -0.25) is 4.79 Å². The third-order valence-corrected chi connectivity index (χ3v) is 4.52. The van der Waals surface area contributed by atoms with Gasteiger partial charge in [-0.1, -0.05) is 12.1 Å². The first kappa shape index (κ1) is 21.4. The largest absolute Gasteiger partial charge is 0.497 e. The number of para-hydroxylation sites is 2. The number of aliphatic hydroxyl groups is 1. The lowest BCUT2D eigenvalue weighted by molar-refractivity contribution is -0.302. The molecule has 10 heteroatoms. The van der Waals surface area contributed by atoms with Crippen LogP contribution in [0.2, 0.25) is 0 Å². The zero-order chi connectivity index (χ0) is 21.9. The molecule has 0 saturated heterocycles. The van der Waals surface area contributed by atoms with E-state index < -0.39 is 30.8 Å². The quantitative estimate of drug-likeness (QED) is 0.771. The highest BCUT2D eigenvalue weighted by atomic mass is 19.4. The molecule has 160 valence electrons. The lowest BCUT2D eigenvalue weighted by atomic mass is 10.0. The van der Waals surface area contributed by atoms with E-state index in [0.29, 0.717) is 17.1 Å². The molecule has 1 atom stereocenters. The Morgan fingerprint density at radius 3 is 2.30 bits per heavy atom. The maximum absolute atomic E-state index is 13.6. The first-order valence-electron chi connectivity index (χ1n) is 8.79. The van der Waals surface area contributed by atoms with Crippen molar-refractivity contribution in [1.29, 1.82) is 0 Å². The van der Waals surface area contributed by atoms with Crippen molar-refractivity contribution in [2.45, 2.75) is 18.3 Å². The summed E-state index contributed by atoms with van der Waals surface area (Å²) in [5.41, 5.74) is -3.26. The van der Waals surface area contributed by atoms with Gasteiger partial charge in [0, 0.05) is 0 Å². The standard InChI is InChI=1S/C20H19F3N2O5/c1-28-14-9-7-13(8-10-14)15-11-19(27,20(21,22)23)25(24-15)18(26)12-30-17-6-4-3-5-16(17)29-2/h3-10,27H,11-12H2,1-2H3/t19-/m0/s1. The van der Waals surface area contributed by atoms with Crippen LogP contribution in [-0.4, -0.2) is 54.5 Å². The summed E-state index contributed by atoms with van der Waals surface area (Å²) in [6, 6.07) is 12.4. The normalized spacial score (nSPS) is 18.7. The van der Waals surface area contributed by atoms with Crippen LogP contribution >= 0.6 is 0 Å². The predicted molar refractivity (Wildman–Crippen MR) is 100 cm³/mol. The summed E-state index contributed by atoms with van der Waals surface area (Å²) in [6.07, 6.45) is -6.05. The Morgan fingerprint density at radius 1 is 1.10 bits per heavy atom. The molecule has 1 aliphatic rings. The van der Waals surface area contributed by atoms with E-state index in [9.17, 15) is 23.1 Å². The Bertz CT molecular complexity index is 946. The van der Waals surface area contributed by atoms with Crippen LogP contribution in [0, 0.1) is 0 Å². The molecule has 3 rings (SSSR count). The number of carbonyl (C=O) groups excluding carboxylic acids is 1. The summed E-state index contributed by atoms with van der Waals surface area (Å²) < 4.78 is 56.3. The van der Waals surface area contributed by atoms with Gasteiger partial charge in [0.15, 0.2) is 18.1 Å². The second kappa shape index (κ2) is 8.23. The highest BCUT2D eigenvalue weighted by molar-refractivity contribution is 6.03. The van der Waals surface area contributed by atoms with Gasteiger partial charge in [0.05, 0.1) is 26.4 Å². The molecule has 0 bridgehead atoms. The van der Waals surface area contributed by atoms with Crippen molar-refractivity contribution < 1.29 is 37.3 Å². The Balaban J connectivity index is 1.85. The topological polar surface area (TPSA) is 80.6 Å².